The molecule has 0 saturated heterocycles. The number of anilines is 1. The molecule has 0 heterocycles. The van der Waals surface area contributed by atoms with Crippen LogP contribution in [0.25, 0.3) is 0 Å². The fourth-order valence-electron chi connectivity index (χ4n) is 2.60. The zero-order chi connectivity index (χ0) is 17.6. The van der Waals surface area contributed by atoms with E-state index >= 15 is 0 Å². The van der Waals surface area contributed by atoms with Gasteiger partial charge in [-0.05, 0) is 54.5 Å². The monoisotopic (exact) mass is 410 g/mol. The van der Waals surface area contributed by atoms with Crippen LogP contribution in [0.1, 0.15) is 22.7 Å². The van der Waals surface area contributed by atoms with Crippen LogP contribution in [-0.2, 0) is 0 Å². The first-order valence-corrected chi connectivity index (χ1v) is 9.26. The van der Waals surface area contributed by atoms with Gasteiger partial charge in [-0.25, -0.2) is 0 Å². The third kappa shape index (κ3) is 4.91. The molecular weight excluding hydrogens is 392 g/mol. The summed E-state index contributed by atoms with van der Waals surface area (Å²) in [5.41, 5.74) is 4.55. The van der Waals surface area contributed by atoms with Crippen LogP contribution in [0.3, 0.4) is 0 Å². The quantitative estimate of drug-likeness (QED) is 0.528. The number of nitrogens with one attached hydrogen (secondary N) is 2. The summed E-state index contributed by atoms with van der Waals surface area (Å²) in [7, 11) is 0. The Morgan fingerprint density at radius 1 is 0.840 bits per heavy atom. The first-order valence-electron chi connectivity index (χ1n) is 8.06. The lowest BCUT2D eigenvalue weighted by Crippen LogP contribution is -2.33. The van der Waals surface area contributed by atoms with Gasteiger partial charge in [-0.3, -0.25) is 0 Å². The lowest BCUT2D eigenvalue weighted by molar-refractivity contribution is 0.768. The number of hydrogen-bond donors (Lipinski definition) is 2. The van der Waals surface area contributed by atoms with Gasteiger partial charge in [0.25, 0.3) is 0 Å². The minimum Gasteiger partial charge on any atom is -0.352 e. The maximum atomic E-state index is 5.54. The maximum Gasteiger partial charge on any atom is 0.171 e. The van der Waals surface area contributed by atoms with Crippen molar-refractivity contribution in [3.05, 3.63) is 100 Å². The van der Waals surface area contributed by atoms with E-state index in [2.05, 4.69) is 69.9 Å². The van der Waals surface area contributed by atoms with Crippen LogP contribution in [0.2, 0.25) is 0 Å². The summed E-state index contributed by atoms with van der Waals surface area (Å²) in [6, 6.07) is 26.8. The van der Waals surface area contributed by atoms with Crippen LogP contribution in [0.5, 0.6) is 0 Å². The Labute approximate surface area is 162 Å². The van der Waals surface area contributed by atoms with Crippen molar-refractivity contribution in [3.63, 3.8) is 0 Å². The maximum absolute atomic E-state index is 5.54. The predicted molar refractivity (Wildman–Crippen MR) is 113 cm³/mol. The number of aryl methyl sites for hydroxylation is 1. The number of hydrogen-bond acceptors (Lipinski definition) is 1. The molecule has 0 amide bonds. The minimum atomic E-state index is -0.00255. The standard InChI is InChI=1S/C21H19BrN2S/c1-15-7-9-17(10-8-15)20(16-5-3-2-4-6-16)24-21(25)23-19-13-11-18(22)12-14-19/h2-14,20H,1H3,(H2,23,24,25)/t20-/m0/s1. The summed E-state index contributed by atoms with van der Waals surface area (Å²) in [5.74, 6) is 0. The van der Waals surface area contributed by atoms with Crippen molar-refractivity contribution in [2.75, 3.05) is 5.32 Å². The molecule has 0 aromatic heterocycles. The van der Waals surface area contributed by atoms with Crippen LogP contribution in [0, 0.1) is 6.92 Å². The number of benzene rings is 3. The predicted octanol–water partition coefficient (Wildman–Crippen LogP) is 5.83. The third-order valence-electron chi connectivity index (χ3n) is 3.92. The van der Waals surface area contributed by atoms with Gasteiger partial charge in [0.15, 0.2) is 5.11 Å². The van der Waals surface area contributed by atoms with Crippen LogP contribution in [-0.4, -0.2) is 5.11 Å². The van der Waals surface area contributed by atoms with E-state index in [0.717, 1.165) is 10.2 Å². The number of halogens is 1. The fourth-order valence-corrected chi connectivity index (χ4v) is 3.10. The Bertz CT molecular complexity index is 830. The first kappa shape index (κ1) is 17.6. The second kappa shape index (κ2) is 8.28. The molecule has 0 bridgehead atoms. The Kier molecular flexibility index (Phi) is 5.84. The third-order valence-corrected chi connectivity index (χ3v) is 4.67. The van der Waals surface area contributed by atoms with Crippen molar-refractivity contribution < 1.29 is 0 Å². The lowest BCUT2D eigenvalue weighted by atomic mass is 9.98. The van der Waals surface area contributed by atoms with Gasteiger partial charge in [-0.1, -0.05) is 76.1 Å². The molecule has 126 valence electrons. The van der Waals surface area contributed by atoms with Gasteiger partial charge in [0.2, 0.25) is 0 Å². The summed E-state index contributed by atoms with van der Waals surface area (Å²) in [4.78, 5) is 0. The molecule has 0 unspecified atom stereocenters. The Hall–Kier alpha value is -2.17. The van der Waals surface area contributed by atoms with Crippen LogP contribution in [0.4, 0.5) is 5.69 Å². The highest BCUT2D eigenvalue weighted by Gasteiger charge is 2.15. The van der Waals surface area contributed by atoms with Gasteiger partial charge in [-0.2, -0.15) is 0 Å². The topological polar surface area (TPSA) is 24.1 Å². The van der Waals surface area contributed by atoms with Gasteiger partial charge < -0.3 is 10.6 Å². The molecule has 0 radical (unpaired) electrons. The zero-order valence-electron chi connectivity index (χ0n) is 13.9. The second-order valence-corrected chi connectivity index (χ2v) is 7.18. The van der Waals surface area contributed by atoms with Gasteiger partial charge in [0.1, 0.15) is 0 Å². The SMILES string of the molecule is Cc1ccc([C@@H](NC(=S)Nc2ccc(Br)cc2)c2ccccc2)cc1. The molecule has 25 heavy (non-hydrogen) atoms. The van der Waals surface area contributed by atoms with Crippen molar-refractivity contribution in [2.45, 2.75) is 13.0 Å². The fraction of sp³-hybridized carbons (Fsp3) is 0.0952. The molecule has 3 aromatic rings. The highest BCUT2D eigenvalue weighted by molar-refractivity contribution is 9.10. The summed E-state index contributed by atoms with van der Waals surface area (Å²) in [5, 5.41) is 7.28. The van der Waals surface area contributed by atoms with Crippen molar-refractivity contribution >= 4 is 38.9 Å². The van der Waals surface area contributed by atoms with Crippen molar-refractivity contribution in [3.8, 4) is 0 Å². The average Bonchev–Trinajstić information content (AvgIpc) is 2.63. The molecule has 0 spiro atoms. The summed E-state index contributed by atoms with van der Waals surface area (Å²) in [6.45, 7) is 2.09. The van der Waals surface area contributed by atoms with Gasteiger partial charge >= 0.3 is 0 Å². The Morgan fingerprint density at radius 3 is 2.08 bits per heavy atom. The van der Waals surface area contributed by atoms with E-state index in [-0.39, 0.29) is 6.04 Å². The normalized spacial score (nSPS) is 11.6. The summed E-state index contributed by atoms with van der Waals surface area (Å²) >= 11 is 8.98. The molecule has 0 fully saturated rings. The Morgan fingerprint density at radius 2 is 1.44 bits per heavy atom. The van der Waals surface area contributed by atoms with Crippen molar-refractivity contribution in [1.29, 1.82) is 0 Å². The molecule has 2 nitrogen and oxygen atoms in total. The summed E-state index contributed by atoms with van der Waals surface area (Å²) in [6.07, 6.45) is 0. The molecule has 3 rings (SSSR count). The molecule has 0 saturated carbocycles. The van der Waals surface area contributed by atoms with Gasteiger partial charge in [0, 0.05) is 10.2 Å². The second-order valence-electron chi connectivity index (χ2n) is 5.86. The van der Waals surface area contributed by atoms with Crippen LogP contribution < -0.4 is 10.6 Å². The molecule has 4 heteroatoms. The van der Waals surface area contributed by atoms with E-state index in [0.29, 0.717) is 5.11 Å². The molecule has 3 aromatic carbocycles. The van der Waals surface area contributed by atoms with Gasteiger partial charge in [-0.15, -0.1) is 0 Å². The van der Waals surface area contributed by atoms with E-state index in [4.69, 9.17) is 12.2 Å². The number of rotatable bonds is 4. The van der Waals surface area contributed by atoms with Crippen LogP contribution >= 0.6 is 28.1 Å². The smallest absolute Gasteiger partial charge is 0.171 e. The van der Waals surface area contributed by atoms with E-state index in [9.17, 15) is 0 Å². The van der Waals surface area contributed by atoms with Crippen molar-refractivity contribution in [2.24, 2.45) is 0 Å². The molecule has 0 aliphatic carbocycles. The largest absolute Gasteiger partial charge is 0.352 e. The molecule has 0 aliphatic rings. The molecule has 0 aliphatic heterocycles. The van der Waals surface area contributed by atoms with Crippen LogP contribution in [0.15, 0.2) is 83.3 Å². The lowest BCUT2D eigenvalue weighted by Gasteiger charge is -2.22. The van der Waals surface area contributed by atoms with E-state index < -0.39 is 0 Å². The first-order chi connectivity index (χ1) is 12.1. The Balaban J connectivity index is 1.81. The minimum absolute atomic E-state index is 0.00255. The van der Waals surface area contributed by atoms with E-state index in [1.807, 2.05) is 42.5 Å². The van der Waals surface area contributed by atoms with Gasteiger partial charge in [0.05, 0.1) is 6.04 Å². The van der Waals surface area contributed by atoms with E-state index in [1.165, 1.54) is 16.7 Å². The zero-order valence-corrected chi connectivity index (χ0v) is 16.3. The van der Waals surface area contributed by atoms with Crippen molar-refractivity contribution in [1.82, 2.24) is 5.32 Å². The molecular formula is C21H19BrN2S. The highest BCUT2D eigenvalue weighted by atomic mass is 79.9. The molecule has 1 atom stereocenters. The highest BCUT2D eigenvalue weighted by Crippen LogP contribution is 2.23. The summed E-state index contributed by atoms with van der Waals surface area (Å²) < 4.78 is 1.04. The number of thiocarbonyl (C=S) groups is 1. The molecule has 2 N–H and O–H groups in total. The van der Waals surface area contributed by atoms with E-state index in [1.54, 1.807) is 0 Å². The average molecular weight is 411 g/mol.